The number of hydrogen-bond donors (Lipinski definition) is 3. The van der Waals surface area contributed by atoms with Crippen molar-refractivity contribution in [3.63, 3.8) is 0 Å². The zero-order valence-electron chi connectivity index (χ0n) is 11.5. The van der Waals surface area contributed by atoms with Gasteiger partial charge >= 0.3 is 0 Å². The van der Waals surface area contributed by atoms with Gasteiger partial charge in [-0.25, -0.2) is 0 Å². The first-order valence-corrected chi connectivity index (χ1v) is 5.96. The van der Waals surface area contributed by atoms with Crippen molar-refractivity contribution in [2.45, 2.75) is 13.0 Å². The number of aryl methyl sites for hydroxylation is 1. The third kappa shape index (κ3) is 4.11. The third-order valence-electron chi connectivity index (χ3n) is 2.79. The average molecular weight is 267 g/mol. The van der Waals surface area contributed by atoms with Gasteiger partial charge in [-0.15, -0.1) is 0 Å². The Morgan fingerprint density at radius 3 is 2.79 bits per heavy atom. The Balaban J connectivity index is 2.99. The Labute approximate surface area is 113 Å². The molecule has 1 rings (SSSR count). The number of nitrogens with two attached hydrogens (primary N) is 1. The van der Waals surface area contributed by atoms with Crippen LogP contribution in [0.25, 0.3) is 0 Å². The largest absolute Gasteiger partial charge is 0.409 e. The monoisotopic (exact) mass is 267 g/mol. The minimum absolute atomic E-state index is 0.0479. The van der Waals surface area contributed by atoms with Gasteiger partial charge in [0.05, 0.1) is 12.7 Å². The van der Waals surface area contributed by atoms with Crippen LogP contribution in [0.3, 0.4) is 0 Å². The number of likely N-dealkylation sites (N-methyl/N-ethyl adjacent to an activating group) is 1. The molecule has 6 nitrogen and oxygen atoms in total. The molecule has 4 N–H and O–H groups in total. The molecule has 1 aromatic carbocycles. The average Bonchev–Trinajstić information content (AvgIpc) is 2.37. The Morgan fingerprint density at radius 1 is 1.53 bits per heavy atom. The Bertz CT molecular complexity index is 449. The molecule has 1 aromatic rings. The first-order valence-electron chi connectivity index (χ1n) is 5.96. The molecule has 0 bridgehead atoms. The van der Waals surface area contributed by atoms with Crippen LogP contribution >= 0.6 is 0 Å². The molecule has 1 unspecified atom stereocenters. The number of benzene rings is 1. The van der Waals surface area contributed by atoms with E-state index in [1.807, 2.05) is 37.1 Å². The van der Waals surface area contributed by atoms with Gasteiger partial charge in [0, 0.05) is 32.0 Å². The van der Waals surface area contributed by atoms with Crippen LogP contribution in [-0.4, -0.2) is 49.6 Å². The smallest absolute Gasteiger partial charge is 0.172 e. The van der Waals surface area contributed by atoms with Crippen molar-refractivity contribution in [3.05, 3.63) is 29.3 Å². The van der Waals surface area contributed by atoms with Crippen molar-refractivity contribution in [1.82, 2.24) is 0 Å². The zero-order chi connectivity index (χ0) is 14.4. The first kappa shape index (κ1) is 15.3. The van der Waals surface area contributed by atoms with E-state index in [1.165, 1.54) is 7.11 Å². The number of amidine groups is 1. The number of aliphatic hydroxyl groups excluding tert-OH is 1. The predicted octanol–water partition coefficient (Wildman–Crippen LogP) is 0.533. The van der Waals surface area contributed by atoms with Gasteiger partial charge in [0.15, 0.2) is 5.84 Å². The molecular formula is C13H21N3O3. The molecular weight excluding hydrogens is 246 g/mol. The number of rotatable bonds is 6. The quantitative estimate of drug-likeness (QED) is 0.303. The molecule has 0 aromatic heterocycles. The second-order valence-corrected chi connectivity index (χ2v) is 4.50. The highest BCUT2D eigenvalue weighted by atomic mass is 16.5. The summed E-state index contributed by atoms with van der Waals surface area (Å²) in [7, 11) is 3.37. The van der Waals surface area contributed by atoms with E-state index >= 15 is 0 Å². The van der Waals surface area contributed by atoms with Gasteiger partial charge in [0.1, 0.15) is 0 Å². The molecule has 106 valence electrons. The van der Waals surface area contributed by atoms with Crippen LogP contribution < -0.4 is 10.6 Å². The molecule has 0 spiro atoms. The number of aliphatic hydroxyl groups is 1. The predicted molar refractivity (Wildman–Crippen MR) is 74.8 cm³/mol. The van der Waals surface area contributed by atoms with Crippen LogP contribution in [0.2, 0.25) is 0 Å². The first-order chi connectivity index (χ1) is 8.99. The van der Waals surface area contributed by atoms with E-state index in [0.29, 0.717) is 12.1 Å². The molecule has 0 radical (unpaired) electrons. The number of hydrogen-bond acceptors (Lipinski definition) is 5. The van der Waals surface area contributed by atoms with Crippen molar-refractivity contribution in [3.8, 4) is 0 Å². The molecule has 0 saturated carbocycles. The Morgan fingerprint density at radius 2 is 2.21 bits per heavy atom. The minimum Gasteiger partial charge on any atom is -0.409 e. The summed E-state index contributed by atoms with van der Waals surface area (Å²) in [6.07, 6.45) is -0.601. The maximum absolute atomic E-state index is 9.74. The Kier molecular flexibility index (Phi) is 5.59. The molecule has 0 amide bonds. The highest BCUT2D eigenvalue weighted by Gasteiger charge is 2.14. The van der Waals surface area contributed by atoms with Crippen molar-refractivity contribution in [2.75, 3.05) is 32.2 Å². The zero-order valence-corrected chi connectivity index (χ0v) is 11.5. The summed E-state index contributed by atoms with van der Waals surface area (Å²) >= 11 is 0. The highest BCUT2D eigenvalue weighted by Crippen LogP contribution is 2.21. The fraction of sp³-hybridized carbons (Fsp3) is 0.462. The van der Waals surface area contributed by atoms with E-state index in [4.69, 9.17) is 15.7 Å². The SMILES string of the molecule is COCC(O)CN(C)c1ccc(C)cc1/C(N)=N/O. The van der Waals surface area contributed by atoms with E-state index in [9.17, 15) is 5.11 Å². The van der Waals surface area contributed by atoms with Gasteiger partial charge in [-0.1, -0.05) is 16.8 Å². The van der Waals surface area contributed by atoms with E-state index in [-0.39, 0.29) is 12.4 Å². The lowest BCUT2D eigenvalue weighted by atomic mass is 10.1. The molecule has 0 aliphatic rings. The molecule has 0 aliphatic carbocycles. The van der Waals surface area contributed by atoms with Gasteiger partial charge in [-0.2, -0.15) is 0 Å². The van der Waals surface area contributed by atoms with E-state index in [0.717, 1.165) is 11.3 Å². The lowest BCUT2D eigenvalue weighted by Gasteiger charge is -2.24. The summed E-state index contributed by atoms with van der Waals surface area (Å²) in [4.78, 5) is 1.84. The molecule has 0 heterocycles. The highest BCUT2D eigenvalue weighted by molar-refractivity contribution is 6.02. The van der Waals surface area contributed by atoms with Crippen LogP contribution in [0.15, 0.2) is 23.4 Å². The van der Waals surface area contributed by atoms with Crippen molar-refractivity contribution < 1.29 is 15.1 Å². The topological polar surface area (TPSA) is 91.3 Å². The normalized spacial score (nSPS) is 13.4. The molecule has 19 heavy (non-hydrogen) atoms. The summed E-state index contributed by atoms with van der Waals surface area (Å²) in [6, 6.07) is 5.65. The van der Waals surface area contributed by atoms with Crippen molar-refractivity contribution in [1.29, 1.82) is 0 Å². The second kappa shape index (κ2) is 6.96. The fourth-order valence-corrected chi connectivity index (χ4v) is 1.90. The van der Waals surface area contributed by atoms with Crippen LogP contribution in [0, 0.1) is 6.92 Å². The van der Waals surface area contributed by atoms with Gasteiger partial charge in [-0.05, 0) is 19.1 Å². The number of anilines is 1. The number of methoxy groups -OCH3 is 1. The van der Waals surface area contributed by atoms with Crippen LogP contribution in [-0.2, 0) is 4.74 Å². The second-order valence-electron chi connectivity index (χ2n) is 4.50. The number of nitrogens with zero attached hydrogens (tertiary/aromatic N) is 2. The molecule has 0 saturated heterocycles. The maximum Gasteiger partial charge on any atom is 0.172 e. The van der Waals surface area contributed by atoms with Gasteiger partial charge < -0.3 is 25.7 Å². The molecule has 0 aliphatic heterocycles. The molecule has 1 atom stereocenters. The van der Waals surface area contributed by atoms with Crippen LogP contribution in [0.5, 0.6) is 0 Å². The van der Waals surface area contributed by atoms with Gasteiger partial charge in [0.2, 0.25) is 0 Å². The van der Waals surface area contributed by atoms with Crippen molar-refractivity contribution >= 4 is 11.5 Å². The summed E-state index contributed by atoms with van der Waals surface area (Å²) in [5.41, 5.74) is 8.11. The maximum atomic E-state index is 9.74. The summed E-state index contributed by atoms with van der Waals surface area (Å²) in [6.45, 7) is 2.58. The summed E-state index contributed by atoms with van der Waals surface area (Å²) in [5, 5.41) is 21.6. The lowest BCUT2D eigenvalue weighted by molar-refractivity contribution is 0.0695. The minimum atomic E-state index is -0.601. The Hall–Kier alpha value is -1.79. The fourth-order valence-electron chi connectivity index (χ4n) is 1.90. The lowest BCUT2D eigenvalue weighted by Crippen LogP contribution is -2.33. The van der Waals surface area contributed by atoms with Crippen LogP contribution in [0.1, 0.15) is 11.1 Å². The number of oxime groups is 1. The van der Waals surface area contributed by atoms with Gasteiger partial charge in [-0.3, -0.25) is 0 Å². The standard InChI is InChI=1S/C13H21N3O3/c1-9-4-5-12(11(6-9)13(14)15-18)16(2)7-10(17)8-19-3/h4-6,10,17-18H,7-8H2,1-3H3,(H2,14,15). The summed E-state index contributed by atoms with van der Waals surface area (Å²) < 4.78 is 4.89. The molecule has 6 heteroatoms. The van der Waals surface area contributed by atoms with Crippen molar-refractivity contribution in [2.24, 2.45) is 10.9 Å². The third-order valence-corrected chi connectivity index (χ3v) is 2.79. The van der Waals surface area contributed by atoms with Crippen LogP contribution in [0.4, 0.5) is 5.69 Å². The van der Waals surface area contributed by atoms with E-state index < -0.39 is 6.10 Å². The molecule has 0 fully saturated rings. The summed E-state index contributed by atoms with van der Waals surface area (Å²) in [5.74, 6) is 0.0479. The van der Waals surface area contributed by atoms with Gasteiger partial charge in [0.25, 0.3) is 0 Å². The van der Waals surface area contributed by atoms with E-state index in [2.05, 4.69) is 5.16 Å². The number of ether oxygens (including phenoxy) is 1. The van der Waals surface area contributed by atoms with E-state index in [1.54, 1.807) is 0 Å².